The van der Waals surface area contributed by atoms with Crippen molar-refractivity contribution in [3.05, 3.63) is 120 Å². The van der Waals surface area contributed by atoms with Crippen LogP contribution in [0.3, 0.4) is 0 Å². The van der Waals surface area contributed by atoms with Crippen molar-refractivity contribution in [2.75, 3.05) is 6.61 Å². The second-order valence-corrected chi connectivity index (χ2v) is 8.46. The first kappa shape index (κ1) is 22.4. The van der Waals surface area contributed by atoms with Crippen molar-refractivity contribution in [2.45, 2.75) is 43.5 Å². The normalized spacial score (nSPS) is 21.2. The highest BCUT2D eigenvalue weighted by atomic mass is 16.8. The summed E-state index contributed by atoms with van der Waals surface area (Å²) in [5.74, 6) is -0.792. The molecular formula is C28H30O4. The number of hydrogen-bond acceptors (Lipinski definition) is 4. The fourth-order valence-corrected chi connectivity index (χ4v) is 4.37. The topological polar surface area (TPSA) is 47.9 Å². The lowest BCUT2D eigenvalue weighted by Crippen LogP contribution is -2.42. The average Bonchev–Trinajstić information content (AvgIpc) is 3.16. The molecule has 4 heteroatoms. The van der Waals surface area contributed by atoms with E-state index < -0.39 is 29.7 Å². The van der Waals surface area contributed by atoms with Crippen LogP contribution in [0, 0.1) is 0 Å². The maximum Gasteiger partial charge on any atom is 0.164 e. The van der Waals surface area contributed by atoms with Crippen LogP contribution in [0.1, 0.15) is 30.5 Å². The highest BCUT2D eigenvalue weighted by Crippen LogP contribution is 2.41. The molecule has 32 heavy (non-hydrogen) atoms. The van der Waals surface area contributed by atoms with Gasteiger partial charge in [0.05, 0.1) is 6.61 Å². The van der Waals surface area contributed by atoms with Gasteiger partial charge in [-0.3, -0.25) is 0 Å². The molecule has 3 aromatic carbocycles. The highest BCUT2D eigenvalue weighted by Gasteiger charge is 2.45. The molecule has 4 nitrogen and oxygen atoms in total. The van der Waals surface area contributed by atoms with Crippen LogP contribution in [0.5, 0.6) is 0 Å². The first-order valence-corrected chi connectivity index (χ1v) is 10.9. The molecule has 166 valence electrons. The standard InChI is InChI=1S/C28H30O4/c1-4-25-26(32-27(2,3)31-25)24(29)20-30-28(21-14-8-5-9-15-21,22-16-10-6-11-17-22)23-18-12-7-13-19-23/h4-19,24-26,29H,1,20H2,2-3H3/t24-,25-,26+/m1/s1. The summed E-state index contributed by atoms with van der Waals surface area (Å²) in [7, 11) is 0. The van der Waals surface area contributed by atoms with Gasteiger partial charge in [-0.15, -0.1) is 6.58 Å². The summed E-state index contributed by atoms with van der Waals surface area (Å²) in [6.07, 6.45) is -0.220. The van der Waals surface area contributed by atoms with Crippen LogP contribution in [-0.4, -0.2) is 35.8 Å². The summed E-state index contributed by atoms with van der Waals surface area (Å²) < 4.78 is 18.5. The molecule has 0 spiro atoms. The van der Waals surface area contributed by atoms with E-state index in [9.17, 15) is 5.11 Å². The van der Waals surface area contributed by atoms with Gasteiger partial charge in [0.25, 0.3) is 0 Å². The molecule has 1 aliphatic heterocycles. The largest absolute Gasteiger partial charge is 0.388 e. The predicted octanol–water partition coefficient (Wildman–Crippen LogP) is 5.06. The van der Waals surface area contributed by atoms with E-state index in [4.69, 9.17) is 14.2 Å². The lowest BCUT2D eigenvalue weighted by molar-refractivity contribution is -0.160. The maximum atomic E-state index is 11.1. The van der Waals surface area contributed by atoms with Crippen molar-refractivity contribution in [3.63, 3.8) is 0 Å². The van der Waals surface area contributed by atoms with Crippen LogP contribution in [0.4, 0.5) is 0 Å². The van der Waals surface area contributed by atoms with E-state index in [1.165, 1.54) is 0 Å². The van der Waals surface area contributed by atoms with Gasteiger partial charge >= 0.3 is 0 Å². The zero-order chi connectivity index (χ0) is 22.6. The molecule has 0 aliphatic carbocycles. The molecule has 0 unspecified atom stereocenters. The number of aliphatic hydroxyl groups is 1. The summed E-state index contributed by atoms with van der Waals surface area (Å²) in [4.78, 5) is 0. The Labute approximate surface area is 190 Å². The Balaban J connectivity index is 1.74. The summed E-state index contributed by atoms with van der Waals surface area (Å²) in [6, 6.07) is 30.3. The SMILES string of the molecule is C=C[C@H]1OC(C)(C)O[C@H]1[C@H](O)COC(c1ccccc1)(c1ccccc1)c1ccccc1. The predicted molar refractivity (Wildman–Crippen MR) is 125 cm³/mol. The third kappa shape index (κ3) is 4.41. The van der Waals surface area contributed by atoms with E-state index in [0.29, 0.717) is 0 Å². The van der Waals surface area contributed by atoms with Gasteiger partial charge in [0.15, 0.2) is 5.79 Å². The van der Waals surface area contributed by atoms with Gasteiger partial charge in [-0.25, -0.2) is 0 Å². The van der Waals surface area contributed by atoms with E-state index in [1.807, 2.05) is 68.4 Å². The van der Waals surface area contributed by atoms with Crippen molar-refractivity contribution in [3.8, 4) is 0 Å². The molecule has 1 saturated heterocycles. The molecule has 0 bridgehead atoms. The minimum Gasteiger partial charge on any atom is -0.388 e. The smallest absolute Gasteiger partial charge is 0.164 e. The third-order valence-electron chi connectivity index (χ3n) is 5.79. The highest BCUT2D eigenvalue weighted by molar-refractivity contribution is 5.47. The van der Waals surface area contributed by atoms with E-state index in [2.05, 4.69) is 43.0 Å². The van der Waals surface area contributed by atoms with Crippen molar-refractivity contribution < 1.29 is 19.3 Å². The fourth-order valence-electron chi connectivity index (χ4n) is 4.37. The van der Waals surface area contributed by atoms with Crippen LogP contribution < -0.4 is 0 Å². The Morgan fingerprint density at radius 2 is 1.31 bits per heavy atom. The van der Waals surface area contributed by atoms with Gasteiger partial charge in [-0.05, 0) is 30.5 Å². The minimum absolute atomic E-state index is 0.0487. The van der Waals surface area contributed by atoms with Crippen molar-refractivity contribution in [1.82, 2.24) is 0 Å². The Bertz CT molecular complexity index is 905. The van der Waals surface area contributed by atoms with E-state index in [1.54, 1.807) is 6.08 Å². The van der Waals surface area contributed by atoms with E-state index in [-0.39, 0.29) is 6.61 Å². The second-order valence-electron chi connectivity index (χ2n) is 8.46. The zero-order valence-electron chi connectivity index (χ0n) is 18.6. The van der Waals surface area contributed by atoms with Crippen molar-refractivity contribution in [1.29, 1.82) is 0 Å². The molecule has 1 aliphatic rings. The molecule has 1 heterocycles. The van der Waals surface area contributed by atoms with Crippen LogP contribution in [-0.2, 0) is 19.8 Å². The Hall–Kier alpha value is -2.76. The van der Waals surface area contributed by atoms with Crippen LogP contribution in [0.2, 0.25) is 0 Å². The summed E-state index contributed by atoms with van der Waals surface area (Å²) in [5, 5.41) is 11.1. The van der Waals surface area contributed by atoms with Gasteiger partial charge in [0.2, 0.25) is 0 Å². The van der Waals surface area contributed by atoms with Crippen molar-refractivity contribution in [2.24, 2.45) is 0 Å². The molecule has 0 radical (unpaired) electrons. The Morgan fingerprint density at radius 3 is 1.72 bits per heavy atom. The molecule has 0 aromatic heterocycles. The second kappa shape index (κ2) is 9.39. The number of rotatable bonds is 8. The number of ether oxygens (including phenoxy) is 3. The molecule has 1 fully saturated rings. The third-order valence-corrected chi connectivity index (χ3v) is 5.79. The Kier molecular flexibility index (Phi) is 6.58. The van der Waals surface area contributed by atoms with Crippen molar-refractivity contribution >= 4 is 0 Å². The first-order chi connectivity index (χ1) is 15.5. The fraction of sp³-hybridized carbons (Fsp3) is 0.286. The quantitative estimate of drug-likeness (QED) is 0.401. The number of aliphatic hydroxyl groups excluding tert-OH is 1. The monoisotopic (exact) mass is 430 g/mol. The van der Waals surface area contributed by atoms with Gasteiger partial charge in [-0.2, -0.15) is 0 Å². The molecule has 0 saturated carbocycles. The van der Waals surface area contributed by atoms with Crippen LogP contribution in [0.25, 0.3) is 0 Å². The summed E-state index contributed by atoms with van der Waals surface area (Å²) >= 11 is 0. The lowest BCUT2D eigenvalue weighted by atomic mass is 9.80. The molecular weight excluding hydrogens is 400 g/mol. The van der Waals surface area contributed by atoms with Gasteiger partial charge in [-0.1, -0.05) is 97.1 Å². The van der Waals surface area contributed by atoms with Crippen LogP contribution in [0.15, 0.2) is 104 Å². The lowest BCUT2D eigenvalue weighted by Gasteiger charge is -2.37. The molecule has 0 amide bonds. The molecule has 3 aromatic rings. The zero-order valence-corrected chi connectivity index (χ0v) is 18.6. The summed E-state index contributed by atoms with van der Waals surface area (Å²) in [5.41, 5.74) is 2.04. The van der Waals surface area contributed by atoms with Crippen LogP contribution >= 0.6 is 0 Å². The molecule has 1 N–H and O–H groups in total. The van der Waals surface area contributed by atoms with E-state index in [0.717, 1.165) is 16.7 Å². The summed E-state index contributed by atoms with van der Waals surface area (Å²) in [6.45, 7) is 7.55. The average molecular weight is 431 g/mol. The number of benzene rings is 3. The number of hydrogen-bond donors (Lipinski definition) is 1. The minimum atomic E-state index is -0.907. The first-order valence-electron chi connectivity index (χ1n) is 10.9. The molecule has 4 rings (SSSR count). The van der Waals surface area contributed by atoms with Gasteiger partial charge < -0.3 is 19.3 Å². The maximum absolute atomic E-state index is 11.1. The van der Waals surface area contributed by atoms with Gasteiger partial charge in [0.1, 0.15) is 23.9 Å². The van der Waals surface area contributed by atoms with E-state index >= 15 is 0 Å². The molecule has 3 atom stereocenters. The Morgan fingerprint density at radius 1 is 0.875 bits per heavy atom. The van der Waals surface area contributed by atoms with Gasteiger partial charge in [0, 0.05) is 0 Å².